The minimum Gasteiger partial charge on any atom is -0.492 e. The second-order valence-electron chi connectivity index (χ2n) is 3.89. The predicted octanol–water partition coefficient (Wildman–Crippen LogP) is 5.42. The molecule has 0 N–H and O–H groups in total. The molecule has 102 valence electrons. The van der Waals surface area contributed by atoms with Gasteiger partial charge in [-0.1, -0.05) is 15.9 Å². The maximum absolute atomic E-state index is 5.73. The molecule has 6 heteroatoms. The van der Waals surface area contributed by atoms with E-state index in [2.05, 4.69) is 36.8 Å². The van der Waals surface area contributed by atoms with Crippen LogP contribution in [0.5, 0.6) is 5.75 Å². The van der Waals surface area contributed by atoms with Crippen molar-refractivity contribution in [1.82, 2.24) is 4.98 Å². The van der Waals surface area contributed by atoms with Gasteiger partial charge < -0.3 is 4.74 Å². The third-order valence-electron chi connectivity index (χ3n) is 2.42. The van der Waals surface area contributed by atoms with Gasteiger partial charge in [0.1, 0.15) is 5.75 Å². The Balaban J connectivity index is 1.77. The fraction of sp³-hybridized carbons (Fsp3) is 0.308. The van der Waals surface area contributed by atoms with Crippen LogP contribution in [0, 0.1) is 0 Å². The summed E-state index contributed by atoms with van der Waals surface area (Å²) in [5.74, 6) is 1.35. The molecule has 0 fully saturated rings. The average Bonchev–Trinajstić information content (AvgIpc) is 2.84. The molecule has 0 radical (unpaired) electrons. The van der Waals surface area contributed by atoms with Crippen LogP contribution < -0.4 is 4.74 Å². The SMILES string of the molecule is ClCc1csc(CCCOc2ccc(Br)cc2Br)n1. The van der Waals surface area contributed by atoms with Crippen molar-refractivity contribution < 1.29 is 4.74 Å². The van der Waals surface area contributed by atoms with Crippen molar-refractivity contribution >= 4 is 54.8 Å². The zero-order valence-corrected chi connectivity index (χ0v) is 14.8. The number of aromatic nitrogens is 1. The van der Waals surface area contributed by atoms with Gasteiger partial charge in [-0.25, -0.2) is 4.98 Å². The van der Waals surface area contributed by atoms with Crippen LogP contribution in [-0.4, -0.2) is 11.6 Å². The molecule has 2 rings (SSSR count). The second-order valence-corrected chi connectivity index (χ2v) is 6.87. The Morgan fingerprint density at radius 1 is 1.32 bits per heavy atom. The lowest BCUT2D eigenvalue weighted by Crippen LogP contribution is -2.00. The van der Waals surface area contributed by atoms with Gasteiger partial charge >= 0.3 is 0 Å². The van der Waals surface area contributed by atoms with Crippen molar-refractivity contribution in [2.24, 2.45) is 0 Å². The monoisotopic (exact) mass is 423 g/mol. The van der Waals surface area contributed by atoms with E-state index >= 15 is 0 Å². The van der Waals surface area contributed by atoms with Gasteiger partial charge in [-0.05, 0) is 40.5 Å². The Morgan fingerprint density at radius 3 is 2.84 bits per heavy atom. The minimum absolute atomic E-state index is 0.485. The first-order chi connectivity index (χ1) is 9.19. The van der Waals surface area contributed by atoms with Crippen LogP contribution in [0.15, 0.2) is 32.5 Å². The highest BCUT2D eigenvalue weighted by atomic mass is 79.9. The molecule has 0 aliphatic carbocycles. The van der Waals surface area contributed by atoms with Crippen LogP contribution in [-0.2, 0) is 12.3 Å². The van der Waals surface area contributed by atoms with Gasteiger partial charge in [0, 0.05) is 16.3 Å². The molecular weight excluding hydrogens is 413 g/mol. The van der Waals surface area contributed by atoms with E-state index in [-0.39, 0.29) is 0 Å². The standard InChI is InChI=1S/C13H12Br2ClNOS/c14-9-3-4-12(11(15)6-9)18-5-1-2-13-17-10(7-16)8-19-13/h3-4,6,8H,1-2,5,7H2. The van der Waals surface area contributed by atoms with Crippen molar-refractivity contribution in [2.75, 3.05) is 6.61 Å². The summed E-state index contributed by atoms with van der Waals surface area (Å²) in [6, 6.07) is 5.89. The van der Waals surface area contributed by atoms with E-state index in [9.17, 15) is 0 Å². The molecule has 0 aliphatic heterocycles. The van der Waals surface area contributed by atoms with Crippen LogP contribution in [0.3, 0.4) is 0 Å². The number of thiazole rings is 1. The highest BCUT2D eigenvalue weighted by Crippen LogP contribution is 2.28. The van der Waals surface area contributed by atoms with Crippen molar-refractivity contribution in [3.05, 3.63) is 43.2 Å². The summed E-state index contributed by atoms with van der Waals surface area (Å²) in [4.78, 5) is 4.42. The number of nitrogens with zero attached hydrogens (tertiary/aromatic N) is 1. The van der Waals surface area contributed by atoms with Gasteiger partial charge in [-0.2, -0.15) is 0 Å². The Bertz CT molecular complexity index is 547. The minimum atomic E-state index is 0.485. The number of benzene rings is 1. The molecule has 1 heterocycles. The lowest BCUT2D eigenvalue weighted by molar-refractivity contribution is 0.309. The molecule has 0 saturated carbocycles. The maximum atomic E-state index is 5.73. The molecule has 0 atom stereocenters. The van der Waals surface area contributed by atoms with E-state index in [0.717, 1.165) is 38.2 Å². The van der Waals surface area contributed by atoms with Crippen molar-refractivity contribution in [1.29, 1.82) is 0 Å². The molecule has 19 heavy (non-hydrogen) atoms. The first kappa shape index (κ1) is 15.3. The van der Waals surface area contributed by atoms with E-state index in [1.807, 2.05) is 23.6 Å². The van der Waals surface area contributed by atoms with Gasteiger partial charge in [-0.15, -0.1) is 22.9 Å². The summed E-state index contributed by atoms with van der Waals surface area (Å²) in [6.45, 7) is 0.677. The topological polar surface area (TPSA) is 22.1 Å². The van der Waals surface area contributed by atoms with Crippen LogP contribution in [0.2, 0.25) is 0 Å². The number of alkyl halides is 1. The zero-order valence-electron chi connectivity index (χ0n) is 10.0. The average molecular weight is 426 g/mol. The Kier molecular flexibility index (Phi) is 6.13. The lowest BCUT2D eigenvalue weighted by atomic mass is 10.3. The third-order valence-corrected chi connectivity index (χ3v) is 4.77. The fourth-order valence-electron chi connectivity index (χ4n) is 1.52. The lowest BCUT2D eigenvalue weighted by Gasteiger charge is -2.07. The summed E-state index contributed by atoms with van der Waals surface area (Å²) in [6.07, 6.45) is 1.87. The summed E-state index contributed by atoms with van der Waals surface area (Å²) in [7, 11) is 0. The first-order valence-corrected chi connectivity index (χ1v) is 8.76. The number of hydrogen-bond donors (Lipinski definition) is 0. The molecule has 0 aliphatic rings. The second kappa shape index (κ2) is 7.62. The van der Waals surface area contributed by atoms with E-state index in [4.69, 9.17) is 16.3 Å². The van der Waals surface area contributed by atoms with E-state index in [0.29, 0.717) is 12.5 Å². The smallest absolute Gasteiger partial charge is 0.133 e. The molecule has 0 spiro atoms. The number of hydrogen-bond acceptors (Lipinski definition) is 3. The van der Waals surface area contributed by atoms with Crippen LogP contribution in [0.25, 0.3) is 0 Å². The van der Waals surface area contributed by atoms with Crippen molar-refractivity contribution in [2.45, 2.75) is 18.7 Å². The largest absolute Gasteiger partial charge is 0.492 e. The Hall–Kier alpha value is -0.100. The molecule has 1 aromatic heterocycles. The molecule has 1 aromatic carbocycles. The normalized spacial score (nSPS) is 10.7. The summed E-state index contributed by atoms with van der Waals surface area (Å²) < 4.78 is 7.72. The van der Waals surface area contributed by atoms with Gasteiger partial charge in [0.2, 0.25) is 0 Å². The highest BCUT2D eigenvalue weighted by Gasteiger charge is 2.03. The van der Waals surface area contributed by atoms with Crippen molar-refractivity contribution in [3.63, 3.8) is 0 Å². The van der Waals surface area contributed by atoms with E-state index in [1.165, 1.54) is 0 Å². The molecule has 0 amide bonds. The molecule has 0 saturated heterocycles. The Labute approximate surface area is 138 Å². The summed E-state index contributed by atoms with van der Waals surface area (Å²) in [5.41, 5.74) is 0.957. The number of rotatable bonds is 6. The summed E-state index contributed by atoms with van der Waals surface area (Å²) in [5, 5.41) is 3.13. The van der Waals surface area contributed by atoms with Crippen LogP contribution in [0.4, 0.5) is 0 Å². The summed E-state index contributed by atoms with van der Waals surface area (Å²) >= 11 is 14.3. The van der Waals surface area contributed by atoms with Crippen LogP contribution in [0.1, 0.15) is 17.1 Å². The maximum Gasteiger partial charge on any atom is 0.133 e. The van der Waals surface area contributed by atoms with Gasteiger partial charge in [0.05, 0.1) is 27.7 Å². The molecule has 2 aromatic rings. The van der Waals surface area contributed by atoms with Crippen molar-refractivity contribution in [3.8, 4) is 5.75 Å². The van der Waals surface area contributed by atoms with Gasteiger partial charge in [-0.3, -0.25) is 0 Å². The van der Waals surface area contributed by atoms with E-state index < -0.39 is 0 Å². The fourth-order valence-corrected chi connectivity index (χ4v) is 3.75. The predicted molar refractivity (Wildman–Crippen MR) is 87.3 cm³/mol. The van der Waals surface area contributed by atoms with Gasteiger partial charge in [0.25, 0.3) is 0 Å². The molecule has 2 nitrogen and oxygen atoms in total. The third kappa shape index (κ3) is 4.74. The number of ether oxygens (including phenoxy) is 1. The van der Waals surface area contributed by atoms with E-state index in [1.54, 1.807) is 11.3 Å². The number of halogens is 3. The number of aryl methyl sites for hydroxylation is 1. The first-order valence-electron chi connectivity index (χ1n) is 5.76. The van der Waals surface area contributed by atoms with Crippen LogP contribution >= 0.6 is 54.8 Å². The highest BCUT2D eigenvalue weighted by molar-refractivity contribution is 9.11. The quantitative estimate of drug-likeness (QED) is 0.455. The molecule has 0 unspecified atom stereocenters. The molecular formula is C13H12Br2ClNOS. The van der Waals surface area contributed by atoms with Gasteiger partial charge in [0.15, 0.2) is 0 Å². The molecule has 0 bridgehead atoms. The Morgan fingerprint density at radius 2 is 2.16 bits per heavy atom. The zero-order chi connectivity index (χ0) is 13.7.